The van der Waals surface area contributed by atoms with Gasteiger partial charge in [-0.25, -0.2) is 0 Å². The summed E-state index contributed by atoms with van der Waals surface area (Å²) in [6, 6.07) is 9.39. The van der Waals surface area contributed by atoms with Crippen LogP contribution in [0.15, 0.2) is 30.3 Å². The molecule has 1 fully saturated rings. The van der Waals surface area contributed by atoms with Crippen LogP contribution >= 0.6 is 0 Å². The monoisotopic (exact) mass is 326 g/mol. The van der Waals surface area contributed by atoms with Crippen molar-refractivity contribution in [1.82, 2.24) is 0 Å². The molecule has 0 saturated carbocycles. The van der Waals surface area contributed by atoms with Crippen LogP contribution in [0.2, 0.25) is 0 Å². The lowest BCUT2D eigenvalue weighted by atomic mass is 9.99. The van der Waals surface area contributed by atoms with Gasteiger partial charge in [0.25, 0.3) is 0 Å². The molecule has 128 valence electrons. The van der Waals surface area contributed by atoms with E-state index in [2.05, 4.69) is 0 Å². The third kappa shape index (κ3) is 4.73. The van der Waals surface area contributed by atoms with E-state index < -0.39 is 36.7 Å². The van der Waals surface area contributed by atoms with Crippen LogP contribution in [-0.2, 0) is 30.3 Å². The third-order valence-electron chi connectivity index (χ3n) is 3.61. The van der Waals surface area contributed by atoms with Gasteiger partial charge in [0.2, 0.25) is 0 Å². The number of methoxy groups -OCH3 is 1. The van der Waals surface area contributed by atoms with Gasteiger partial charge >= 0.3 is 5.97 Å². The van der Waals surface area contributed by atoms with Gasteiger partial charge in [-0.05, 0) is 5.56 Å². The highest BCUT2D eigenvalue weighted by molar-refractivity contribution is 5.65. The molecule has 5 atom stereocenters. The number of aliphatic hydroxyl groups excluding tert-OH is 2. The molecule has 1 heterocycles. The normalized spacial score (nSPS) is 30.9. The minimum atomic E-state index is -1.16. The predicted octanol–water partition coefficient (Wildman–Crippen LogP) is 0.228. The number of hydrogen-bond acceptors (Lipinski definition) is 7. The minimum absolute atomic E-state index is 0.145. The van der Waals surface area contributed by atoms with Crippen LogP contribution in [-0.4, -0.2) is 60.6 Å². The van der Waals surface area contributed by atoms with E-state index in [1.165, 1.54) is 14.0 Å². The zero-order chi connectivity index (χ0) is 16.8. The topological polar surface area (TPSA) is 94.5 Å². The number of aliphatic hydroxyl groups is 2. The number of hydrogen-bond donors (Lipinski definition) is 2. The van der Waals surface area contributed by atoms with Crippen molar-refractivity contribution in [1.29, 1.82) is 0 Å². The lowest BCUT2D eigenvalue weighted by Gasteiger charge is -2.41. The van der Waals surface area contributed by atoms with Crippen molar-refractivity contribution in [2.24, 2.45) is 0 Å². The van der Waals surface area contributed by atoms with E-state index in [9.17, 15) is 15.0 Å². The molecule has 7 heteroatoms. The van der Waals surface area contributed by atoms with Crippen molar-refractivity contribution in [2.75, 3.05) is 13.7 Å². The fourth-order valence-corrected chi connectivity index (χ4v) is 2.40. The Morgan fingerprint density at radius 3 is 2.52 bits per heavy atom. The largest absolute Gasteiger partial charge is 0.463 e. The first-order chi connectivity index (χ1) is 11.0. The van der Waals surface area contributed by atoms with Crippen LogP contribution in [0, 0.1) is 0 Å². The number of carbonyl (C=O) groups is 1. The fourth-order valence-electron chi connectivity index (χ4n) is 2.40. The first-order valence-electron chi connectivity index (χ1n) is 7.36. The zero-order valence-corrected chi connectivity index (χ0v) is 13.1. The summed E-state index contributed by atoms with van der Waals surface area (Å²) in [5.74, 6) is -0.484. The van der Waals surface area contributed by atoms with Crippen LogP contribution in [0.4, 0.5) is 0 Å². The number of rotatable bonds is 6. The molecule has 2 N–H and O–H groups in total. The molecule has 0 aromatic heterocycles. The molecule has 2 rings (SSSR count). The maximum atomic E-state index is 10.9. The fraction of sp³-hybridized carbons (Fsp3) is 0.562. The lowest BCUT2D eigenvalue weighted by Crippen LogP contribution is -2.60. The SMILES string of the molecule is CO[C@H]1O[C@H](COC(C)=O)[C@@H](O)[C@H](OCc2ccccc2)[C@@H]1O. The summed E-state index contributed by atoms with van der Waals surface area (Å²) in [5.41, 5.74) is 0.906. The van der Waals surface area contributed by atoms with E-state index in [1.807, 2.05) is 30.3 Å². The predicted molar refractivity (Wildman–Crippen MR) is 79.3 cm³/mol. The Labute approximate surface area is 134 Å². The van der Waals surface area contributed by atoms with Crippen molar-refractivity contribution in [3.05, 3.63) is 35.9 Å². The van der Waals surface area contributed by atoms with E-state index in [0.717, 1.165) is 5.56 Å². The molecule has 1 aliphatic rings. The van der Waals surface area contributed by atoms with Crippen molar-refractivity contribution in [3.8, 4) is 0 Å². The molecule has 1 aromatic carbocycles. The summed E-state index contributed by atoms with van der Waals surface area (Å²) in [6.45, 7) is 1.34. The Balaban J connectivity index is 2.02. The Bertz CT molecular complexity index is 492. The van der Waals surface area contributed by atoms with Gasteiger partial charge in [-0.2, -0.15) is 0 Å². The van der Waals surface area contributed by atoms with Crippen molar-refractivity contribution < 1.29 is 34.0 Å². The molecule has 0 radical (unpaired) electrons. The summed E-state index contributed by atoms with van der Waals surface area (Å²) in [5, 5.41) is 20.6. The van der Waals surface area contributed by atoms with Crippen LogP contribution in [0.5, 0.6) is 0 Å². The van der Waals surface area contributed by atoms with E-state index >= 15 is 0 Å². The molecule has 0 amide bonds. The third-order valence-corrected chi connectivity index (χ3v) is 3.61. The van der Waals surface area contributed by atoms with Gasteiger partial charge in [-0.15, -0.1) is 0 Å². The first-order valence-corrected chi connectivity index (χ1v) is 7.36. The quantitative estimate of drug-likeness (QED) is 0.723. The number of carbonyl (C=O) groups excluding carboxylic acids is 1. The maximum Gasteiger partial charge on any atom is 0.302 e. The second-order valence-electron chi connectivity index (χ2n) is 5.32. The van der Waals surface area contributed by atoms with E-state index in [0.29, 0.717) is 0 Å². The van der Waals surface area contributed by atoms with Gasteiger partial charge < -0.3 is 29.2 Å². The van der Waals surface area contributed by atoms with Crippen LogP contribution in [0.25, 0.3) is 0 Å². The van der Waals surface area contributed by atoms with Crippen molar-refractivity contribution in [2.45, 2.75) is 44.2 Å². The molecule has 1 saturated heterocycles. The maximum absolute atomic E-state index is 10.9. The second-order valence-corrected chi connectivity index (χ2v) is 5.32. The van der Waals surface area contributed by atoms with Gasteiger partial charge in [-0.1, -0.05) is 30.3 Å². The minimum Gasteiger partial charge on any atom is -0.463 e. The van der Waals surface area contributed by atoms with Crippen molar-refractivity contribution in [3.63, 3.8) is 0 Å². The molecule has 23 heavy (non-hydrogen) atoms. The smallest absolute Gasteiger partial charge is 0.302 e. The number of ether oxygens (including phenoxy) is 4. The number of esters is 1. The van der Waals surface area contributed by atoms with Crippen molar-refractivity contribution >= 4 is 5.97 Å². The van der Waals surface area contributed by atoms with E-state index in [1.54, 1.807) is 0 Å². The molecule has 0 spiro atoms. The standard InChI is InChI=1S/C16H22O7/c1-10(17)21-9-12-13(18)15(14(19)16(20-2)23-12)22-8-11-6-4-3-5-7-11/h3-7,12-16,18-19H,8-9H2,1-2H3/t12-,13-,14+,15+,16+/m1/s1. The van der Waals surface area contributed by atoms with E-state index in [4.69, 9.17) is 18.9 Å². The summed E-state index contributed by atoms with van der Waals surface area (Å²) < 4.78 is 21.0. The van der Waals surface area contributed by atoms with Gasteiger partial charge in [0.15, 0.2) is 6.29 Å². The molecular formula is C16H22O7. The average Bonchev–Trinajstić information content (AvgIpc) is 2.55. The highest BCUT2D eigenvalue weighted by Gasteiger charge is 2.46. The zero-order valence-electron chi connectivity index (χ0n) is 13.1. The molecule has 0 unspecified atom stereocenters. The summed E-state index contributed by atoms with van der Waals surface area (Å²) >= 11 is 0. The van der Waals surface area contributed by atoms with E-state index in [-0.39, 0.29) is 13.2 Å². The Hall–Kier alpha value is -1.51. The van der Waals surface area contributed by atoms with Gasteiger partial charge in [0, 0.05) is 14.0 Å². The van der Waals surface area contributed by atoms with Crippen LogP contribution in [0.1, 0.15) is 12.5 Å². The highest BCUT2D eigenvalue weighted by atomic mass is 16.7. The Morgan fingerprint density at radius 1 is 1.22 bits per heavy atom. The average molecular weight is 326 g/mol. The summed E-state index contributed by atoms with van der Waals surface area (Å²) in [6.07, 6.45) is -5.05. The first kappa shape index (κ1) is 17.8. The molecule has 0 aliphatic carbocycles. The van der Waals surface area contributed by atoms with Gasteiger partial charge in [0.05, 0.1) is 6.61 Å². The highest BCUT2D eigenvalue weighted by Crippen LogP contribution is 2.25. The van der Waals surface area contributed by atoms with Gasteiger partial charge in [0.1, 0.15) is 31.0 Å². The molecule has 0 bridgehead atoms. The van der Waals surface area contributed by atoms with Crippen LogP contribution in [0.3, 0.4) is 0 Å². The summed E-state index contributed by atoms with van der Waals surface area (Å²) in [7, 11) is 1.38. The number of benzene rings is 1. The molecule has 7 nitrogen and oxygen atoms in total. The van der Waals surface area contributed by atoms with Crippen LogP contribution < -0.4 is 0 Å². The molecular weight excluding hydrogens is 304 g/mol. The molecule has 1 aromatic rings. The Morgan fingerprint density at radius 2 is 1.91 bits per heavy atom. The summed E-state index contributed by atoms with van der Waals surface area (Å²) in [4.78, 5) is 10.9. The Kier molecular flexibility index (Phi) is 6.49. The lowest BCUT2D eigenvalue weighted by molar-refractivity contribution is -0.303. The second kappa shape index (κ2) is 8.37. The van der Waals surface area contributed by atoms with Gasteiger partial charge in [-0.3, -0.25) is 4.79 Å². The molecule has 1 aliphatic heterocycles.